The van der Waals surface area contributed by atoms with Crippen molar-refractivity contribution in [2.24, 2.45) is 9.98 Å². The zero-order valence-corrected chi connectivity index (χ0v) is 7.55. The SMILES string of the molecule is O=C1N=C2N=CC=CN2C12CC=CC2. The Morgan fingerprint density at radius 2 is 2.14 bits per heavy atom. The average Bonchev–Trinajstić information content (AvgIpc) is 2.77. The third kappa shape index (κ3) is 0.755. The third-order valence-electron chi connectivity index (χ3n) is 2.87. The minimum absolute atomic E-state index is 0.0683. The summed E-state index contributed by atoms with van der Waals surface area (Å²) in [6.07, 6.45) is 10.9. The van der Waals surface area contributed by atoms with E-state index >= 15 is 0 Å². The second-order valence-electron chi connectivity index (χ2n) is 3.62. The van der Waals surface area contributed by atoms with Gasteiger partial charge in [-0.2, -0.15) is 4.99 Å². The number of hydrogen-bond donors (Lipinski definition) is 0. The molecule has 0 radical (unpaired) electrons. The van der Waals surface area contributed by atoms with Crippen LogP contribution in [0, 0.1) is 0 Å². The molecule has 3 aliphatic rings. The molecule has 0 saturated carbocycles. The van der Waals surface area contributed by atoms with E-state index in [9.17, 15) is 4.79 Å². The fraction of sp³-hybridized carbons (Fsp3) is 0.300. The van der Waals surface area contributed by atoms with Crippen LogP contribution < -0.4 is 0 Å². The normalized spacial score (nSPS) is 26.1. The molecule has 0 fully saturated rings. The molecule has 0 aromatic heterocycles. The Hall–Kier alpha value is -1.71. The number of allylic oxidation sites excluding steroid dienone is 1. The monoisotopic (exact) mass is 187 g/mol. The minimum Gasteiger partial charge on any atom is -0.301 e. The molecule has 0 aromatic carbocycles. The Balaban J connectivity index is 2.07. The van der Waals surface area contributed by atoms with E-state index in [1.165, 1.54) is 0 Å². The molecule has 2 aliphatic heterocycles. The molecule has 0 unspecified atom stereocenters. The van der Waals surface area contributed by atoms with E-state index < -0.39 is 5.54 Å². The van der Waals surface area contributed by atoms with Gasteiger partial charge in [-0.1, -0.05) is 12.2 Å². The summed E-state index contributed by atoms with van der Waals surface area (Å²) in [5.74, 6) is 0.461. The van der Waals surface area contributed by atoms with Crippen LogP contribution in [-0.4, -0.2) is 28.5 Å². The molecule has 0 N–H and O–H groups in total. The van der Waals surface area contributed by atoms with E-state index in [2.05, 4.69) is 9.98 Å². The van der Waals surface area contributed by atoms with Crippen molar-refractivity contribution >= 4 is 18.1 Å². The van der Waals surface area contributed by atoms with Gasteiger partial charge < -0.3 is 4.90 Å². The number of hydrogen-bond acceptors (Lipinski definition) is 3. The van der Waals surface area contributed by atoms with Gasteiger partial charge in [0.2, 0.25) is 5.96 Å². The summed E-state index contributed by atoms with van der Waals surface area (Å²) in [5.41, 5.74) is -0.483. The highest BCUT2D eigenvalue weighted by Gasteiger charge is 2.50. The van der Waals surface area contributed by atoms with Gasteiger partial charge in [-0.15, -0.1) is 0 Å². The molecule has 70 valence electrons. The lowest BCUT2D eigenvalue weighted by Gasteiger charge is -2.31. The summed E-state index contributed by atoms with van der Waals surface area (Å²) in [4.78, 5) is 21.7. The molecule has 1 amide bonds. The van der Waals surface area contributed by atoms with Gasteiger partial charge >= 0.3 is 0 Å². The molecular formula is C10H9N3O. The molecule has 1 aliphatic carbocycles. The highest BCUT2D eigenvalue weighted by atomic mass is 16.2. The van der Waals surface area contributed by atoms with Crippen LogP contribution in [0.5, 0.6) is 0 Å². The van der Waals surface area contributed by atoms with Gasteiger partial charge in [0.05, 0.1) is 0 Å². The topological polar surface area (TPSA) is 45.0 Å². The van der Waals surface area contributed by atoms with E-state index in [1.54, 1.807) is 6.21 Å². The summed E-state index contributed by atoms with van der Waals surface area (Å²) in [7, 11) is 0. The lowest BCUT2D eigenvalue weighted by Crippen LogP contribution is -2.47. The maximum absolute atomic E-state index is 11.8. The first-order valence-corrected chi connectivity index (χ1v) is 4.61. The Labute approximate surface area is 81.3 Å². The van der Waals surface area contributed by atoms with Gasteiger partial charge in [-0.25, -0.2) is 4.99 Å². The Kier molecular flexibility index (Phi) is 1.32. The average molecular weight is 187 g/mol. The van der Waals surface area contributed by atoms with Crippen LogP contribution in [0.3, 0.4) is 0 Å². The fourth-order valence-corrected chi connectivity index (χ4v) is 2.09. The van der Waals surface area contributed by atoms with Crippen molar-refractivity contribution < 1.29 is 4.79 Å². The molecule has 0 aromatic rings. The summed E-state index contributed by atoms with van der Waals surface area (Å²) >= 11 is 0. The third-order valence-corrected chi connectivity index (χ3v) is 2.87. The van der Waals surface area contributed by atoms with Gasteiger partial charge in [0, 0.05) is 12.4 Å². The first kappa shape index (κ1) is 7.67. The number of carbonyl (C=O) groups excluding carboxylic acids is 1. The molecule has 14 heavy (non-hydrogen) atoms. The zero-order valence-electron chi connectivity index (χ0n) is 7.55. The van der Waals surface area contributed by atoms with Crippen molar-refractivity contribution in [1.29, 1.82) is 0 Å². The first-order valence-electron chi connectivity index (χ1n) is 4.61. The number of carbonyl (C=O) groups is 1. The molecule has 0 saturated heterocycles. The van der Waals surface area contributed by atoms with E-state index in [1.807, 2.05) is 29.3 Å². The van der Waals surface area contributed by atoms with Crippen molar-refractivity contribution in [3.63, 3.8) is 0 Å². The number of nitrogens with zero attached hydrogens (tertiary/aromatic N) is 3. The highest BCUT2D eigenvalue weighted by Crippen LogP contribution is 2.37. The number of rotatable bonds is 0. The van der Waals surface area contributed by atoms with Crippen LogP contribution >= 0.6 is 0 Å². The van der Waals surface area contributed by atoms with Crippen LogP contribution in [0.2, 0.25) is 0 Å². The molecule has 2 heterocycles. The summed E-state index contributed by atoms with van der Waals surface area (Å²) in [5, 5.41) is 0. The van der Waals surface area contributed by atoms with Gasteiger partial charge in [0.25, 0.3) is 5.91 Å². The Morgan fingerprint density at radius 3 is 2.93 bits per heavy atom. The fourth-order valence-electron chi connectivity index (χ4n) is 2.09. The van der Waals surface area contributed by atoms with Crippen molar-refractivity contribution in [2.45, 2.75) is 18.4 Å². The van der Waals surface area contributed by atoms with Crippen LogP contribution in [0.25, 0.3) is 0 Å². The van der Waals surface area contributed by atoms with E-state index in [0.29, 0.717) is 5.96 Å². The highest BCUT2D eigenvalue weighted by molar-refractivity contribution is 6.10. The van der Waals surface area contributed by atoms with Crippen LogP contribution in [0.1, 0.15) is 12.8 Å². The van der Waals surface area contributed by atoms with Gasteiger partial charge in [0.15, 0.2) is 0 Å². The number of guanidine groups is 1. The van der Waals surface area contributed by atoms with Crippen LogP contribution in [0.4, 0.5) is 0 Å². The van der Waals surface area contributed by atoms with Crippen LogP contribution in [-0.2, 0) is 4.79 Å². The lowest BCUT2D eigenvalue weighted by molar-refractivity contribution is -0.124. The second-order valence-corrected chi connectivity index (χ2v) is 3.62. The minimum atomic E-state index is -0.483. The molecule has 4 heteroatoms. The van der Waals surface area contributed by atoms with Gasteiger partial charge in [-0.05, 0) is 18.9 Å². The molecule has 1 spiro atoms. The first-order chi connectivity index (χ1) is 6.83. The molecule has 4 nitrogen and oxygen atoms in total. The maximum Gasteiger partial charge on any atom is 0.275 e. The van der Waals surface area contributed by atoms with Crippen molar-refractivity contribution in [1.82, 2.24) is 4.90 Å². The Morgan fingerprint density at radius 1 is 1.36 bits per heavy atom. The standard InChI is InChI=1S/C10H9N3O/c14-8-10(4-1-2-5-10)13-7-3-6-11-9(13)12-8/h1-3,6-7H,4-5H2. The van der Waals surface area contributed by atoms with Crippen molar-refractivity contribution in [2.75, 3.05) is 0 Å². The second kappa shape index (κ2) is 2.41. The summed E-state index contributed by atoms with van der Waals surface area (Å²) < 4.78 is 0. The predicted molar refractivity (Wildman–Crippen MR) is 53.0 cm³/mol. The van der Waals surface area contributed by atoms with Crippen molar-refractivity contribution in [3.05, 3.63) is 24.4 Å². The van der Waals surface area contributed by atoms with Crippen LogP contribution in [0.15, 0.2) is 34.4 Å². The van der Waals surface area contributed by atoms with Gasteiger partial charge in [0.1, 0.15) is 5.54 Å². The van der Waals surface area contributed by atoms with E-state index in [0.717, 1.165) is 12.8 Å². The zero-order chi connectivity index (χ0) is 9.60. The quantitative estimate of drug-likeness (QED) is 0.528. The molecule has 3 rings (SSSR count). The van der Waals surface area contributed by atoms with E-state index in [-0.39, 0.29) is 5.91 Å². The molecule has 0 bridgehead atoms. The summed E-state index contributed by atoms with van der Waals surface area (Å²) in [6.45, 7) is 0. The molecular weight excluding hydrogens is 178 g/mol. The maximum atomic E-state index is 11.8. The number of amides is 1. The smallest absolute Gasteiger partial charge is 0.275 e. The molecule has 0 atom stereocenters. The summed E-state index contributed by atoms with van der Waals surface area (Å²) in [6, 6.07) is 0. The number of aliphatic imine (C=N–C) groups is 2. The lowest BCUT2D eigenvalue weighted by atomic mass is 9.95. The predicted octanol–water partition coefficient (Wildman–Crippen LogP) is 0.872. The Bertz CT molecular complexity index is 409. The number of fused-ring (bicyclic) bond motifs is 2. The van der Waals surface area contributed by atoms with Gasteiger partial charge in [-0.3, -0.25) is 4.79 Å². The van der Waals surface area contributed by atoms with Crippen molar-refractivity contribution in [3.8, 4) is 0 Å². The largest absolute Gasteiger partial charge is 0.301 e. The van der Waals surface area contributed by atoms with E-state index in [4.69, 9.17) is 0 Å².